The van der Waals surface area contributed by atoms with Crippen molar-refractivity contribution in [3.8, 4) is 0 Å². The summed E-state index contributed by atoms with van der Waals surface area (Å²) in [5, 5.41) is 11.9. The van der Waals surface area contributed by atoms with Gasteiger partial charge in [-0.3, -0.25) is 9.59 Å². The normalized spacial score (nSPS) is 13.5. The SMILES string of the molecule is CC/C=C\C/C=C\C/C=C\C/C=C\C/C=C\CCCCCCCC(=O)OC(/C=C\C/C=C\CCCCCC)CCCCCCCCC(=O)NC(CCCN)C(=O)O. The van der Waals surface area contributed by atoms with Crippen LogP contribution in [0.4, 0.5) is 0 Å². The summed E-state index contributed by atoms with van der Waals surface area (Å²) in [7, 11) is 0. The molecule has 0 aromatic heterocycles. The van der Waals surface area contributed by atoms with Crippen LogP contribution in [-0.2, 0) is 19.1 Å². The molecular weight excluding hydrogens is 709 g/mol. The first kappa shape index (κ1) is 53.6. The molecule has 0 fully saturated rings. The minimum absolute atomic E-state index is 0.0960. The summed E-state index contributed by atoms with van der Waals surface area (Å²) in [6.45, 7) is 4.80. The van der Waals surface area contributed by atoms with E-state index in [9.17, 15) is 19.5 Å². The molecule has 0 spiro atoms. The molecule has 2 unspecified atom stereocenters. The fraction of sp³-hybridized carbons (Fsp3) is 0.660. The lowest BCUT2D eigenvalue weighted by atomic mass is 10.0. The number of carboxylic acids is 1. The molecule has 0 bridgehead atoms. The number of rotatable bonds is 40. The van der Waals surface area contributed by atoms with E-state index in [4.69, 9.17) is 10.5 Å². The van der Waals surface area contributed by atoms with Gasteiger partial charge in [-0.15, -0.1) is 0 Å². The van der Waals surface area contributed by atoms with Crippen LogP contribution in [0.5, 0.6) is 0 Å². The van der Waals surface area contributed by atoms with E-state index in [2.05, 4.69) is 104 Å². The molecule has 7 nitrogen and oxygen atoms in total. The summed E-state index contributed by atoms with van der Waals surface area (Å²) in [5.41, 5.74) is 5.48. The fourth-order valence-electron chi connectivity index (χ4n) is 6.25. The number of aliphatic carboxylic acids is 1. The first-order chi connectivity index (χ1) is 27.9. The Labute approximate surface area is 349 Å². The Morgan fingerprint density at radius 1 is 0.544 bits per heavy atom. The van der Waals surface area contributed by atoms with Gasteiger partial charge >= 0.3 is 11.9 Å². The first-order valence-corrected chi connectivity index (χ1v) is 22.9. The van der Waals surface area contributed by atoms with Crippen LogP contribution in [0.25, 0.3) is 0 Å². The molecule has 7 heteroatoms. The van der Waals surface area contributed by atoms with Gasteiger partial charge in [-0.25, -0.2) is 4.79 Å². The van der Waals surface area contributed by atoms with Crippen molar-refractivity contribution in [1.29, 1.82) is 0 Å². The van der Waals surface area contributed by atoms with E-state index < -0.39 is 12.0 Å². The fourth-order valence-corrected chi connectivity index (χ4v) is 6.25. The lowest BCUT2D eigenvalue weighted by molar-refractivity contribution is -0.147. The highest BCUT2D eigenvalue weighted by Crippen LogP contribution is 2.15. The third kappa shape index (κ3) is 40.5. The summed E-state index contributed by atoms with van der Waals surface area (Å²) in [5.74, 6) is -1.31. The summed E-state index contributed by atoms with van der Waals surface area (Å²) in [6, 6.07) is -0.861. The van der Waals surface area contributed by atoms with Crippen LogP contribution in [0, 0.1) is 0 Å². The molecule has 0 saturated carbocycles. The molecule has 4 N–H and O–H groups in total. The predicted octanol–water partition coefficient (Wildman–Crippen LogP) is 13.3. The summed E-state index contributed by atoms with van der Waals surface area (Å²) < 4.78 is 5.94. The van der Waals surface area contributed by atoms with Crippen molar-refractivity contribution >= 4 is 17.8 Å². The molecule has 1 amide bonds. The molecule has 0 rings (SSSR count). The van der Waals surface area contributed by atoms with Gasteiger partial charge in [-0.05, 0) is 115 Å². The van der Waals surface area contributed by atoms with E-state index >= 15 is 0 Å². The molecule has 0 aliphatic rings. The lowest BCUT2D eigenvalue weighted by Crippen LogP contribution is -2.40. The minimum atomic E-state index is -1.01. The molecular formula is C50H84N2O5. The number of hydrogen-bond donors (Lipinski definition) is 3. The highest BCUT2D eigenvalue weighted by molar-refractivity contribution is 5.83. The van der Waals surface area contributed by atoms with E-state index in [-0.39, 0.29) is 18.0 Å². The molecule has 0 aliphatic heterocycles. The van der Waals surface area contributed by atoms with E-state index in [1.807, 2.05) is 0 Å². The Balaban J connectivity index is 4.31. The van der Waals surface area contributed by atoms with Gasteiger partial charge in [0.2, 0.25) is 5.91 Å². The van der Waals surface area contributed by atoms with Crippen LogP contribution < -0.4 is 11.1 Å². The zero-order valence-electron chi connectivity index (χ0n) is 36.4. The molecule has 0 radical (unpaired) electrons. The van der Waals surface area contributed by atoms with Gasteiger partial charge in [-0.1, -0.05) is 157 Å². The molecule has 0 aliphatic carbocycles. The first-order valence-electron chi connectivity index (χ1n) is 22.9. The molecule has 0 saturated heterocycles. The van der Waals surface area contributed by atoms with Gasteiger partial charge in [0.15, 0.2) is 0 Å². The van der Waals surface area contributed by atoms with Crippen molar-refractivity contribution in [3.05, 3.63) is 85.1 Å². The van der Waals surface area contributed by atoms with Gasteiger partial charge < -0.3 is 20.9 Å². The van der Waals surface area contributed by atoms with Crippen LogP contribution in [0.15, 0.2) is 85.1 Å². The standard InChI is InChI=1S/C50H84N2O5/c1-3-5-7-9-11-13-14-15-16-17-18-19-20-21-22-23-24-26-28-34-38-44-49(54)57-46(40-35-31-27-25-12-10-8-6-4-2)41-36-32-29-30-33-37-43-48(53)52-47(50(55)56)42-39-45-51/h5,7,11,13,15-16,18-19,21-22,25,27,35,40,46-47H,3-4,6,8-10,12,14,17,20,23-24,26,28-34,36-39,41-45,51H2,1-2H3,(H,52,53)(H,55,56)/b7-5-,13-11-,16-15-,19-18-,22-21-,27-25-,40-35-. The number of carbonyl (C=O) groups excluding carboxylic acids is 2. The second-order valence-corrected chi connectivity index (χ2v) is 15.1. The number of esters is 1. The number of allylic oxidation sites excluding steroid dienone is 13. The minimum Gasteiger partial charge on any atom is -0.480 e. The average molecular weight is 793 g/mol. The van der Waals surface area contributed by atoms with Gasteiger partial charge in [-0.2, -0.15) is 0 Å². The lowest BCUT2D eigenvalue weighted by Gasteiger charge is -2.15. The van der Waals surface area contributed by atoms with Crippen molar-refractivity contribution in [2.75, 3.05) is 6.54 Å². The van der Waals surface area contributed by atoms with E-state index in [0.29, 0.717) is 32.2 Å². The van der Waals surface area contributed by atoms with Crippen molar-refractivity contribution < 1.29 is 24.2 Å². The number of carboxylic acid groups (broad SMARTS) is 1. The second kappa shape index (κ2) is 43.7. The van der Waals surface area contributed by atoms with E-state index in [1.165, 1.54) is 38.5 Å². The van der Waals surface area contributed by atoms with Gasteiger partial charge in [0.25, 0.3) is 0 Å². The Bertz CT molecular complexity index is 1170. The molecule has 57 heavy (non-hydrogen) atoms. The Hall–Kier alpha value is -3.45. The number of nitrogens with one attached hydrogen (secondary N) is 1. The molecule has 0 aromatic rings. The van der Waals surface area contributed by atoms with Gasteiger partial charge in [0, 0.05) is 12.8 Å². The van der Waals surface area contributed by atoms with Crippen molar-refractivity contribution in [3.63, 3.8) is 0 Å². The van der Waals surface area contributed by atoms with Crippen molar-refractivity contribution in [2.24, 2.45) is 5.73 Å². The van der Waals surface area contributed by atoms with Crippen molar-refractivity contribution in [2.45, 2.75) is 206 Å². The zero-order valence-corrected chi connectivity index (χ0v) is 36.4. The summed E-state index contributed by atoms with van der Waals surface area (Å²) in [6.07, 6.45) is 57.9. The monoisotopic (exact) mass is 793 g/mol. The molecule has 2 atom stereocenters. The maximum Gasteiger partial charge on any atom is 0.326 e. The maximum atomic E-state index is 12.8. The topological polar surface area (TPSA) is 119 Å². The van der Waals surface area contributed by atoms with Crippen LogP contribution >= 0.6 is 0 Å². The van der Waals surface area contributed by atoms with Crippen LogP contribution in [0.3, 0.4) is 0 Å². The second-order valence-electron chi connectivity index (χ2n) is 15.1. The summed E-state index contributed by atoms with van der Waals surface area (Å²) in [4.78, 5) is 36.3. The number of carbonyl (C=O) groups is 3. The number of ether oxygens (including phenoxy) is 1. The van der Waals surface area contributed by atoms with Crippen LogP contribution in [0.1, 0.15) is 194 Å². The smallest absolute Gasteiger partial charge is 0.326 e. The number of unbranched alkanes of at least 4 members (excludes halogenated alkanes) is 14. The Kier molecular flexibility index (Phi) is 41.0. The van der Waals surface area contributed by atoms with Crippen LogP contribution in [0.2, 0.25) is 0 Å². The summed E-state index contributed by atoms with van der Waals surface area (Å²) >= 11 is 0. The molecule has 0 aromatic carbocycles. The van der Waals surface area contributed by atoms with E-state index in [1.54, 1.807) is 0 Å². The zero-order chi connectivity index (χ0) is 41.7. The number of hydrogen-bond acceptors (Lipinski definition) is 5. The number of amides is 1. The highest BCUT2D eigenvalue weighted by Gasteiger charge is 2.18. The third-order valence-electron chi connectivity index (χ3n) is 9.68. The Morgan fingerprint density at radius 3 is 1.56 bits per heavy atom. The largest absolute Gasteiger partial charge is 0.480 e. The quantitative estimate of drug-likeness (QED) is 0.0323. The van der Waals surface area contributed by atoms with Crippen molar-refractivity contribution in [1.82, 2.24) is 5.32 Å². The molecule has 0 heterocycles. The maximum absolute atomic E-state index is 12.8. The highest BCUT2D eigenvalue weighted by atomic mass is 16.5. The third-order valence-corrected chi connectivity index (χ3v) is 9.68. The van der Waals surface area contributed by atoms with Gasteiger partial charge in [0.05, 0.1) is 0 Å². The van der Waals surface area contributed by atoms with Gasteiger partial charge in [0.1, 0.15) is 12.1 Å². The number of nitrogens with two attached hydrogens (primary N) is 1. The van der Waals surface area contributed by atoms with E-state index in [0.717, 1.165) is 116 Å². The van der Waals surface area contributed by atoms with Crippen LogP contribution in [-0.4, -0.2) is 41.6 Å². The Morgan fingerprint density at radius 2 is 1.02 bits per heavy atom. The predicted molar refractivity (Wildman–Crippen MR) is 243 cm³/mol. The molecule has 324 valence electrons. The average Bonchev–Trinajstić information content (AvgIpc) is 3.20.